The lowest BCUT2D eigenvalue weighted by molar-refractivity contribution is -0.384. The van der Waals surface area contributed by atoms with E-state index < -0.39 is 44.3 Å². The van der Waals surface area contributed by atoms with E-state index in [0.29, 0.717) is 0 Å². The molecule has 0 aromatic heterocycles. The molecule has 2 aromatic carbocycles. The molecule has 0 spiro atoms. The smallest absolute Gasteiger partial charge is 0.269 e. The molecule has 2 aromatic rings. The number of aliphatic hydroxyl groups excluding tert-OH is 2. The SMILES string of the molecule is O=[N+]([O-])c1ccc([C@H](O)[C@@H](CO)NS(=O)(=O)c2cc(Cl)cc(Cl)c2O)cc1. The van der Waals surface area contributed by atoms with Crippen molar-refractivity contribution in [1.82, 2.24) is 4.72 Å². The monoisotopic (exact) mass is 436 g/mol. The molecule has 0 bridgehead atoms. The number of nitrogens with one attached hydrogen (secondary N) is 1. The van der Waals surface area contributed by atoms with Gasteiger partial charge in [0.05, 0.1) is 28.7 Å². The number of benzene rings is 2. The number of hydrogen-bond acceptors (Lipinski definition) is 7. The third-order valence-electron chi connectivity index (χ3n) is 3.61. The lowest BCUT2D eigenvalue weighted by atomic mass is 10.0. The number of aromatic hydroxyl groups is 1. The Morgan fingerprint density at radius 1 is 1.19 bits per heavy atom. The number of phenols is 1. The standard InChI is InChI=1S/C15H14Cl2N2O7S/c16-9-5-11(17)15(22)13(6-9)27(25,26)18-12(7-20)14(21)8-1-3-10(4-2-8)19(23)24/h1-6,12,14,18,20-22H,7H2/t12-,14+/m1/s1. The maximum atomic E-state index is 12.5. The van der Waals surface area contributed by atoms with Crippen LogP contribution in [0.15, 0.2) is 41.3 Å². The highest BCUT2D eigenvalue weighted by molar-refractivity contribution is 7.89. The van der Waals surface area contributed by atoms with Gasteiger partial charge in [-0.2, -0.15) is 0 Å². The molecule has 0 aliphatic heterocycles. The molecular formula is C15H14Cl2N2O7S. The van der Waals surface area contributed by atoms with Crippen molar-refractivity contribution in [2.45, 2.75) is 17.0 Å². The molecule has 0 heterocycles. The summed E-state index contributed by atoms with van der Waals surface area (Å²) in [5.41, 5.74) is -0.0822. The minimum Gasteiger partial charge on any atom is -0.505 e. The summed E-state index contributed by atoms with van der Waals surface area (Å²) in [6.45, 7) is -0.799. The molecular weight excluding hydrogens is 423 g/mol. The predicted molar refractivity (Wildman–Crippen MR) is 97.4 cm³/mol. The van der Waals surface area contributed by atoms with Gasteiger partial charge >= 0.3 is 0 Å². The van der Waals surface area contributed by atoms with Crippen LogP contribution in [0, 0.1) is 10.1 Å². The number of non-ortho nitro benzene ring substituents is 1. The Kier molecular flexibility index (Phi) is 6.63. The van der Waals surface area contributed by atoms with Crippen molar-refractivity contribution >= 4 is 38.9 Å². The van der Waals surface area contributed by atoms with Crippen LogP contribution in [0.1, 0.15) is 11.7 Å². The minimum atomic E-state index is -4.42. The van der Waals surface area contributed by atoms with Crippen molar-refractivity contribution in [3.05, 3.63) is 62.1 Å². The third-order valence-corrected chi connectivity index (χ3v) is 5.62. The van der Waals surface area contributed by atoms with Crippen molar-refractivity contribution in [3.8, 4) is 5.75 Å². The van der Waals surface area contributed by atoms with Crippen molar-refractivity contribution in [2.75, 3.05) is 6.61 Å². The Balaban J connectivity index is 2.31. The first-order chi connectivity index (χ1) is 12.6. The Labute approximate surface area is 164 Å². The average Bonchev–Trinajstić information content (AvgIpc) is 2.62. The van der Waals surface area contributed by atoms with E-state index in [1.54, 1.807) is 0 Å². The number of rotatable bonds is 7. The lowest BCUT2D eigenvalue weighted by Gasteiger charge is -2.23. The highest BCUT2D eigenvalue weighted by Gasteiger charge is 2.29. The minimum absolute atomic E-state index is 0.0466. The van der Waals surface area contributed by atoms with Crippen LogP contribution in [-0.4, -0.2) is 41.3 Å². The Morgan fingerprint density at radius 3 is 2.30 bits per heavy atom. The normalized spacial score (nSPS) is 13.9. The highest BCUT2D eigenvalue weighted by Crippen LogP contribution is 2.34. The molecule has 0 unspecified atom stereocenters. The summed E-state index contributed by atoms with van der Waals surface area (Å²) < 4.78 is 27.1. The second-order valence-corrected chi connectivity index (χ2v) is 7.96. The van der Waals surface area contributed by atoms with Gasteiger partial charge in [0, 0.05) is 17.2 Å². The summed E-state index contributed by atoms with van der Waals surface area (Å²) >= 11 is 11.5. The fourth-order valence-corrected chi connectivity index (χ4v) is 4.23. The van der Waals surface area contributed by atoms with Crippen LogP contribution in [0.2, 0.25) is 10.0 Å². The quantitative estimate of drug-likeness (QED) is 0.382. The average molecular weight is 437 g/mol. The second kappa shape index (κ2) is 8.38. The predicted octanol–water partition coefficient (Wildman–Crippen LogP) is 1.98. The summed E-state index contributed by atoms with van der Waals surface area (Å²) in [5, 5.41) is 40.0. The lowest BCUT2D eigenvalue weighted by Crippen LogP contribution is -2.41. The van der Waals surface area contributed by atoms with Crippen LogP contribution in [-0.2, 0) is 10.0 Å². The largest absolute Gasteiger partial charge is 0.505 e. The maximum absolute atomic E-state index is 12.5. The Hall–Kier alpha value is -1.95. The highest BCUT2D eigenvalue weighted by atomic mass is 35.5. The number of nitro groups is 1. The van der Waals surface area contributed by atoms with Gasteiger partial charge in [0.15, 0.2) is 5.75 Å². The summed E-state index contributed by atoms with van der Waals surface area (Å²) in [6, 6.07) is 5.41. The number of phenolic OH excluding ortho intramolecular Hbond substituents is 1. The van der Waals surface area contributed by atoms with Gasteiger partial charge in [-0.25, -0.2) is 13.1 Å². The van der Waals surface area contributed by atoms with E-state index in [2.05, 4.69) is 4.72 Å². The van der Waals surface area contributed by atoms with Gasteiger partial charge < -0.3 is 15.3 Å². The molecule has 146 valence electrons. The van der Waals surface area contributed by atoms with Gasteiger partial charge in [-0.15, -0.1) is 0 Å². The first-order valence-corrected chi connectivity index (χ1v) is 9.54. The maximum Gasteiger partial charge on any atom is 0.269 e. The fraction of sp³-hybridized carbons (Fsp3) is 0.200. The molecule has 0 radical (unpaired) electrons. The first-order valence-electron chi connectivity index (χ1n) is 7.30. The molecule has 0 aliphatic rings. The summed E-state index contributed by atoms with van der Waals surface area (Å²) in [6.07, 6.45) is -1.53. The molecule has 0 saturated carbocycles. The van der Waals surface area contributed by atoms with E-state index >= 15 is 0 Å². The molecule has 0 fully saturated rings. The molecule has 2 atom stereocenters. The van der Waals surface area contributed by atoms with Crippen LogP contribution in [0.25, 0.3) is 0 Å². The summed E-state index contributed by atoms with van der Waals surface area (Å²) in [4.78, 5) is 9.41. The van der Waals surface area contributed by atoms with Crippen molar-refractivity contribution in [1.29, 1.82) is 0 Å². The molecule has 0 amide bonds. The molecule has 12 heteroatoms. The second-order valence-electron chi connectivity index (χ2n) is 5.44. The zero-order valence-electron chi connectivity index (χ0n) is 13.4. The van der Waals surface area contributed by atoms with Gasteiger partial charge in [-0.05, 0) is 29.8 Å². The van der Waals surface area contributed by atoms with Crippen molar-refractivity contribution in [3.63, 3.8) is 0 Å². The van der Waals surface area contributed by atoms with Gasteiger partial charge in [0.25, 0.3) is 5.69 Å². The van der Waals surface area contributed by atoms with E-state index in [0.717, 1.165) is 24.3 Å². The molecule has 9 nitrogen and oxygen atoms in total. The van der Waals surface area contributed by atoms with E-state index in [4.69, 9.17) is 23.2 Å². The molecule has 0 aliphatic carbocycles. The van der Waals surface area contributed by atoms with E-state index in [-0.39, 0.29) is 21.3 Å². The van der Waals surface area contributed by atoms with Gasteiger partial charge in [0.1, 0.15) is 4.90 Å². The van der Waals surface area contributed by atoms with Crippen LogP contribution in [0.4, 0.5) is 5.69 Å². The number of aliphatic hydroxyl groups is 2. The number of halogens is 2. The number of hydrogen-bond donors (Lipinski definition) is 4. The summed E-state index contributed by atoms with van der Waals surface area (Å²) in [7, 11) is -4.42. The van der Waals surface area contributed by atoms with Crippen LogP contribution >= 0.6 is 23.2 Å². The number of nitro benzene ring substituents is 1. The third kappa shape index (κ3) is 4.86. The van der Waals surface area contributed by atoms with Crippen LogP contribution < -0.4 is 4.72 Å². The number of sulfonamides is 1. The molecule has 27 heavy (non-hydrogen) atoms. The molecule has 0 saturated heterocycles. The van der Waals surface area contributed by atoms with Gasteiger partial charge in [0.2, 0.25) is 10.0 Å². The summed E-state index contributed by atoms with van der Waals surface area (Å²) in [5.74, 6) is -0.741. The van der Waals surface area contributed by atoms with Gasteiger partial charge in [-0.1, -0.05) is 23.2 Å². The first kappa shape index (κ1) is 21.4. The Bertz CT molecular complexity index is 951. The number of nitrogens with zero attached hydrogens (tertiary/aromatic N) is 1. The molecule has 2 rings (SSSR count). The topological polar surface area (TPSA) is 150 Å². The fourth-order valence-electron chi connectivity index (χ4n) is 2.24. The van der Waals surface area contributed by atoms with Crippen molar-refractivity contribution in [2.24, 2.45) is 0 Å². The Morgan fingerprint density at radius 2 is 1.78 bits per heavy atom. The zero-order chi connectivity index (χ0) is 20.4. The van der Waals surface area contributed by atoms with Crippen LogP contribution in [0.3, 0.4) is 0 Å². The van der Waals surface area contributed by atoms with E-state index in [1.165, 1.54) is 12.1 Å². The zero-order valence-corrected chi connectivity index (χ0v) is 15.7. The van der Waals surface area contributed by atoms with E-state index in [9.17, 15) is 33.9 Å². The van der Waals surface area contributed by atoms with Crippen LogP contribution in [0.5, 0.6) is 5.75 Å². The van der Waals surface area contributed by atoms with E-state index in [1.807, 2.05) is 0 Å². The van der Waals surface area contributed by atoms with Gasteiger partial charge in [-0.3, -0.25) is 10.1 Å². The molecule has 4 N–H and O–H groups in total. The van der Waals surface area contributed by atoms with Crippen molar-refractivity contribution < 1.29 is 28.7 Å².